The Labute approximate surface area is 133 Å². The van der Waals surface area contributed by atoms with Gasteiger partial charge < -0.3 is 4.90 Å². The number of hydrogen-bond donors (Lipinski definition) is 1. The van der Waals surface area contributed by atoms with Crippen LogP contribution in [0.15, 0.2) is 24.3 Å². The standard InChI is InChI=1S/C16H26N2O3S/c1-5-13(6-2)12-18(7-3)16(19)14-10-8-9-11-15(14)17-22(4,20)21/h8-11,13,17H,5-7,12H2,1-4H3. The lowest BCUT2D eigenvalue weighted by molar-refractivity contribution is 0.0736. The first-order chi connectivity index (χ1) is 10.3. The number of anilines is 1. The Morgan fingerprint density at radius 3 is 2.27 bits per heavy atom. The number of hydrogen-bond acceptors (Lipinski definition) is 3. The molecular formula is C16H26N2O3S. The number of nitrogens with zero attached hydrogens (tertiary/aromatic N) is 1. The summed E-state index contributed by atoms with van der Waals surface area (Å²) in [6, 6.07) is 6.72. The first-order valence-corrected chi connectivity index (χ1v) is 9.57. The van der Waals surface area contributed by atoms with Gasteiger partial charge in [-0.1, -0.05) is 38.8 Å². The summed E-state index contributed by atoms with van der Waals surface area (Å²) in [6.45, 7) is 7.46. The number of amides is 1. The van der Waals surface area contributed by atoms with Crippen molar-refractivity contribution in [1.29, 1.82) is 0 Å². The molecule has 0 radical (unpaired) electrons. The van der Waals surface area contributed by atoms with Gasteiger partial charge in [0.2, 0.25) is 10.0 Å². The molecule has 1 aromatic carbocycles. The quantitative estimate of drug-likeness (QED) is 0.798. The van der Waals surface area contributed by atoms with Gasteiger partial charge in [-0.05, 0) is 25.0 Å². The van der Waals surface area contributed by atoms with E-state index < -0.39 is 10.0 Å². The number of rotatable bonds is 8. The van der Waals surface area contributed by atoms with E-state index in [9.17, 15) is 13.2 Å². The first-order valence-electron chi connectivity index (χ1n) is 7.68. The van der Waals surface area contributed by atoms with E-state index in [1.165, 1.54) is 0 Å². The molecular weight excluding hydrogens is 300 g/mol. The Hall–Kier alpha value is -1.56. The molecule has 0 aliphatic carbocycles. The zero-order valence-corrected chi connectivity index (χ0v) is 14.6. The van der Waals surface area contributed by atoms with E-state index in [0.29, 0.717) is 30.3 Å². The molecule has 0 bridgehead atoms. The number of para-hydroxylation sites is 1. The second-order valence-electron chi connectivity index (χ2n) is 5.45. The van der Waals surface area contributed by atoms with Gasteiger partial charge >= 0.3 is 0 Å². The third-order valence-corrected chi connectivity index (χ3v) is 4.35. The highest BCUT2D eigenvalue weighted by Crippen LogP contribution is 2.20. The minimum atomic E-state index is -3.42. The second kappa shape index (κ2) is 8.17. The van der Waals surface area contributed by atoms with Crippen molar-refractivity contribution < 1.29 is 13.2 Å². The predicted octanol–water partition coefficient (Wildman–Crippen LogP) is 2.96. The average Bonchev–Trinajstić information content (AvgIpc) is 2.47. The van der Waals surface area contributed by atoms with Gasteiger partial charge in [0.1, 0.15) is 0 Å². The van der Waals surface area contributed by atoms with Gasteiger partial charge in [0, 0.05) is 13.1 Å². The molecule has 22 heavy (non-hydrogen) atoms. The molecule has 0 unspecified atom stereocenters. The van der Waals surface area contributed by atoms with Gasteiger partial charge in [-0.3, -0.25) is 9.52 Å². The summed E-state index contributed by atoms with van der Waals surface area (Å²) in [5.74, 6) is 0.320. The van der Waals surface area contributed by atoms with Crippen molar-refractivity contribution >= 4 is 21.6 Å². The molecule has 0 fully saturated rings. The van der Waals surface area contributed by atoms with Gasteiger partial charge in [0.05, 0.1) is 17.5 Å². The highest BCUT2D eigenvalue weighted by atomic mass is 32.2. The van der Waals surface area contributed by atoms with Crippen LogP contribution in [0.25, 0.3) is 0 Å². The third kappa shape index (κ3) is 5.33. The van der Waals surface area contributed by atoms with Crippen molar-refractivity contribution in [2.75, 3.05) is 24.1 Å². The summed E-state index contributed by atoms with van der Waals surface area (Å²) in [4.78, 5) is 14.5. The van der Waals surface area contributed by atoms with E-state index >= 15 is 0 Å². The largest absolute Gasteiger partial charge is 0.339 e. The maximum Gasteiger partial charge on any atom is 0.255 e. The van der Waals surface area contributed by atoms with Crippen LogP contribution < -0.4 is 4.72 Å². The Balaban J connectivity index is 3.05. The number of sulfonamides is 1. The van der Waals surface area contributed by atoms with E-state index in [-0.39, 0.29) is 5.91 Å². The highest BCUT2D eigenvalue weighted by molar-refractivity contribution is 7.92. The fourth-order valence-corrected chi connectivity index (χ4v) is 2.92. The molecule has 1 N–H and O–H groups in total. The summed E-state index contributed by atoms with van der Waals surface area (Å²) in [5, 5.41) is 0. The maximum absolute atomic E-state index is 12.7. The normalized spacial score (nSPS) is 11.5. The average molecular weight is 326 g/mol. The Bertz CT molecular complexity index is 595. The molecule has 0 saturated heterocycles. The van der Waals surface area contributed by atoms with Crippen LogP contribution >= 0.6 is 0 Å². The molecule has 1 rings (SSSR count). The van der Waals surface area contributed by atoms with E-state index in [0.717, 1.165) is 19.1 Å². The predicted molar refractivity (Wildman–Crippen MR) is 90.6 cm³/mol. The molecule has 0 heterocycles. The van der Waals surface area contributed by atoms with Crippen LogP contribution in [-0.2, 0) is 10.0 Å². The molecule has 0 atom stereocenters. The lowest BCUT2D eigenvalue weighted by atomic mass is 10.0. The van der Waals surface area contributed by atoms with Gasteiger partial charge in [-0.25, -0.2) is 8.42 Å². The van der Waals surface area contributed by atoms with Crippen LogP contribution in [0.3, 0.4) is 0 Å². The molecule has 0 aromatic heterocycles. The number of carbonyl (C=O) groups excluding carboxylic acids is 1. The van der Waals surface area contributed by atoms with Crippen molar-refractivity contribution in [3.05, 3.63) is 29.8 Å². The van der Waals surface area contributed by atoms with Crippen LogP contribution in [0.4, 0.5) is 5.69 Å². The van der Waals surface area contributed by atoms with Gasteiger partial charge in [0.25, 0.3) is 5.91 Å². The summed E-state index contributed by atoms with van der Waals surface area (Å²) in [6.07, 6.45) is 3.11. The zero-order valence-electron chi connectivity index (χ0n) is 13.8. The Morgan fingerprint density at radius 1 is 1.18 bits per heavy atom. The monoisotopic (exact) mass is 326 g/mol. The molecule has 0 aliphatic rings. The maximum atomic E-state index is 12.7. The fraction of sp³-hybridized carbons (Fsp3) is 0.562. The number of benzene rings is 1. The van der Waals surface area contributed by atoms with Crippen LogP contribution in [0.5, 0.6) is 0 Å². The van der Waals surface area contributed by atoms with Crippen molar-refractivity contribution in [2.45, 2.75) is 33.6 Å². The van der Waals surface area contributed by atoms with Crippen molar-refractivity contribution in [3.63, 3.8) is 0 Å². The van der Waals surface area contributed by atoms with Gasteiger partial charge in [-0.2, -0.15) is 0 Å². The fourth-order valence-electron chi connectivity index (χ4n) is 2.34. The minimum absolute atomic E-state index is 0.138. The minimum Gasteiger partial charge on any atom is -0.339 e. The van der Waals surface area contributed by atoms with Crippen LogP contribution in [-0.4, -0.2) is 38.6 Å². The number of nitrogens with one attached hydrogen (secondary N) is 1. The molecule has 124 valence electrons. The summed E-state index contributed by atoms with van der Waals surface area (Å²) >= 11 is 0. The van der Waals surface area contributed by atoms with Crippen LogP contribution in [0, 0.1) is 5.92 Å². The lowest BCUT2D eigenvalue weighted by Gasteiger charge is -2.26. The Kier molecular flexibility index (Phi) is 6.87. The summed E-state index contributed by atoms with van der Waals surface area (Å²) < 4.78 is 25.3. The lowest BCUT2D eigenvalue weighted by Crippen LogP contribution is -2.35. The zero-order chi connectivity index (χ0) is 16.8. The molecule has 0 saturated carbocycles. The van der Waals surface area contributed by atoms with Crippen LogP contribution in [0.2, 0.25) is 0 Å². The summed E-state index contributed by atoms with van der Waals surface area (Å²) in [5.41, 5.74) is 0.721. The second-order valence-corrected chi connectivity index (χ2v) is 7.19. The topological polar surface area (TPSA) is 66.5 Å². The van der Waals surface area contributed by atoms with E-state index in [2.05, 4.69) is 18.6 Å². The van der Waals surface area contributed by atoms with E-state index in [1.54, 1.807) is 29.2 Å². The van der Waals surface area contributed by atoms with E-state index in [4.69, 9.17) is 0 Å². The van der Waals surface area contributed by atoms with Crippen LogP contribution in [0.1, 0.15) is 44.0 Å². The molecule has 0 spiro atoms. The molecule has 1 amide bonds. The smallest absolute Gasteiger partial charge is 0.255 e. The SMILES string of the molecule is CCC(CC)CN(CC)C(=O)c1ccccc1NS(C)(=O)=O. The van der Waals surface area contributed by atoms with E-state index in [1.807, 2.05) is 6.92 Å². The van der Waals surface area contributed by atoms with Crippen molar-refractivity contribution in [3.8, 4) is 0 Å². The van der Waals surface area contributed by atoms with Gasteiger partial charge in [-0.15, -0.1) is 0 Å². The molecule has 6 heteroatoms. The number of carbonyl (C=O) groups is 1. The highest BCUT2D eigenvalue weighted by Gasteiger charge is 2.20. The van der Waals surface area contributed by atoms with Crippen molar-refractivity contribution in [1.82, 2.24) is 4.90 Å². The molecule has 0 aliphatic heterocycles. The molecule has 1 aromatic rings. The summed E-state index contributed by atoms with van der Waals surface area (Å²) in [7, 11) is -3.42. The first kappa shape index (κ1) is 18.5. The third-order valence-electron chi connectivity index (χ3n) is 3.76. The van der Waals surface area contributed by atoms with Crippen molar-refractivity contribution in [2.24, 2.45) is 5.92 Å². The Morgan fingerprint density at radius 2 is 1.77 bits per heavy atom. The van der Waals surface area contributed by atoms with Gasteiger partial charge in [0.15, 0.2) is 0 Å². The molecule has 5 nitrogen and oxygen atoms in total.